The van der Waals surface area contributed by atoms with Crippen molar-refractivity contribution < 1.29 is 9.90 Å². The lowest BCUT2D eigenvalue weighted by Crippen LogP contribution is -2.17. The molecule has 0 unspecified atom stereocenters. The molecule has 0 amide bonds. The van der Waals surface area contributed by atoms with Crippen molar-refractivity contribution >= 4 is 11.7 Å². The summed E-state index contributed by atoms with van der Waals surface area (Å²) in [6.07, 6.45) is 5.17. The van der Waals surface area contributed by atoms with Gasteiger partial charge in [0.05, 0.1) is 11.3 Å². The van der Waals surface area contributed by atoms with Crippen LogP contribution in [0.25, 0.3) is 0 Å². The molecule has 0 saturated heterocycles. The fraction of sp³-hybridized carbons (Fsp3) is 0.500. The average molecular weight is 233 g/mol. The zero-order valence-corrected chi connectivity index (χ0v) is 10.2. The number of rotatable bonds is 5. The molecule has 0 bridgehead atoms. The topological polar surface area (TPSA) is 49.3 Å². The molecule has 0 heterocycles. The highest BCUT2D eigenvalue weighted by Crippen LogP contribution is 2.29. The predicted molar refractivity (Wildman–Crippen MR) is 68.6 cm³/mol. The third kappa shape index (κ3) is 2.78. The maximum atomic E-state index is 11.1. The zero-order valence-electron chi connectivity index (χ0n) is 10.2. The second-order valence-electron chi connectivity index (χ2n) is 4.82. The first-order valence-corrected chi connectivity index (χ1v) is 6.25. The van der Waals surface area contributed by atoms with Gasteiger partial charge >= 0.3 is 5.97 Å². The molecule has 0 atom stereocenters. The zero-order chi connectivity index (χ0) is 12.3. The summed E-state index contributed by atoms with van der Waals surface area (Å²) >= 11 is 0. The van der Waals surface area contributed by atoms with Gasteiger partial charge in [-0.25, -0.2) is 4.79 Å². The van der Waals surface area contributed by atoms with Gasteiger partial charge in [0.25, 0.3) is 0 Å². The Morgan fingerprint density at radius 3 is 2.82 bits per heavy atom. The molecule has 2 N–H and O–H groups in total. The molecule has 0 radical (unpaired) electrons. The van der Waals surface area contributed by atoms with Gasteiger partial charge in [0.2, 0.25) is 0 Å². The van der Waals surface area contributed by atoms with E-state index in [2.05, 4.69) is 5.32 Å². The number of nitrogens with one attached hydrogen (secondary N) is 1. The third-order valence-corrected chi connectivity index (χ3v) is 3.58. The van der Waals surface area contributed by atoms with E-state index in [1.165, 1.54) is 19.3 Å². The maximum Gasteiger partial charge on any atom is 0.337 e. The molecule has 1 fully saturated rings. The lowest BCUT2D eigenvalue weighted by atomic mass is 9.83. The number of carboxylic acid groups (broad SMARTS) is 1. The van der Waals surface area contributed by atoms with Gasteiger partial charge in [-0.3, -0.25) is 0 Å². The lowest BCUT2D eigenvalue weighted by molar-refractivity contribution is 0.0698. The van der Waals surface area contributed by atoms with Gasteiger partial charge in [0, 0.05) is 6.54 Å². The van der Waals surface area contributed by atoms with Crippen LogP contribution in [0.4, 0.5) is 5.69 Å². The van der Waals surface area contributed by atoms with Crippen LogP contribution in [0.5, 0.6) is 0 Å². The van der Waals surface area contributed by atoms with Gasteiger partial charge in [-0.2, -0.15) is 0 Å². The fourth-order valence-corrected chi connectivity index (χ4v) is 2.26. The number of anilines is 1. The molecule has 3 heteroatoms. The van der Waals surface area contributed by atoms with E-state index >= 15 is 0 Å². The van der Waals surface area contributed by atoms with Crippen LogP contribution in [0.2, 0.25) is 0 Å². The summed E-state index contributed by atoms with van der Waals surface area (Å²) in [6, 6.07) is 5.38. The molecule has 1 aliphatic carbocycles. The standard InChI is InChI=1S/C14H19NO2/c1-10-4-2-7-12(14(16)17)13(10)15-9-8-11-5-3-6-11/h2,4,7,11,15H,3,5-6,8-9H2,1H3,(H,16,17). The van der Waals surface area contributed by atoms with E-state index in [4.69, 9.17) is 5.11 Å². The van der Waals surface area contributed by atoms with Gasteiger partial charge in [-0.05, 0) is 30.9 Å². The molecule has 1 aromatic carbocycles. The Hall–Kier alpha value is -1.51. The van der Waals surface area contributed by atoms with Crippen molar-refractivity contribution in [3.8, 4) is 0 Å². The molecule has 92 valence electrons. The van der Waals surface area contributed by atoms with Crippen molar-refractivity contribution in [2.75, 3.05) is 11.9 Å². The number of benzene rings is 1. The van der Waals surface area contributed by atoms with E-state index in [0.29, 0.717) is 5.56 Å². The quantitative estimate of drug-likeness (QED) is 0.820. The van der Waals surface area contributed by atoms with E-state index in [9.17, 15) is 4.79 Å². The average Bonchev–Trinajstić information content (AvgIpc) is 2.23. The number of hydrogen-bond acceptors (Lipinski definition) is 2. The van der Waals surface area contributed by atoms with Crippen LogP contribution in [-0.2, 0) is 0 Å². The van der Waals surface area contributed by atoms with Crippen molar-refractivity contribution in [1.82, 2.24) is 0 Å². The van der Waals surface area contributed by atoms with E-state index in [1.807, 2.05) is 13.0 Å². The Morgan fingerprint density at radius 1 is 1.47 bits per heavy atom. The van der Waals surface area contributed by atoms with Crippen LogP contribution < -0.4 is 5.32 Å². The normalized spacial score (nSPS) is 15.4. The van der Waals surface area contributed by atoms with Crippen LogP contribution >= 0.6 is 0 Å². The van der Waals surface area contributed by atoms with E-state index in [1.54, 1.807) is 12.1 Å². The van der Waals surface area contributed by atoms with E-state index < -0.39 is 5.97 Å². The first-order valence-electron chi connectivity index (χ1n) is 6.25. The second-order valence-corrected chi connectivity index (χ2v) is 4.82. The Bertz CT molecular complexity index is 411. The molecule has 0 spiro atoms. The van der Waals surface area contributed by atoms with Gasteiger partial charge in [0.15, 0.2) is 0 Å². The van der Waals surface area contributed by atoms with Gasteiger partial charge < -0.3 is 10.4 Å². The molecular weight excluding hydrogens is 214 g/mol. The smallest absolute Gasteiger partial charge is 0.337 e. The number of carbonyl (C=O) groups is 1. The summed E-state index contributed by atoms with van der Waals surface area (Å²) < 4.78 is 0. The number of aryl methyl sites for hydroxylation is 1. The van der Waals surface area contributed by atoms with Crippen LogP contribution in [0, 0.1) is 12.8 Å². The van der Waals surface area contributed by atoms with Crippen molar-refractivity contribution in [3.63, 3.8) is 0 Å². The van der Waals surface area contributed by atoms with Gasteiger partial charge in [-0.15, -0.1) is 0 Å². The van der Waals surface area contributed by atoms with Crippen LogP contribution in [-0.4, -0.2) is 17.6 Å². The summed E-state index contributed by atoms with van der Waals surface area (Å²) in [5.41, 5.74) is 2.15. The first kappa shape index (κ1) is 12.0. The molecule has 2 rings (SSSR count). The number of hydrogen-bond donors (Lipinski definition) is 2. The summed E-state index contributed by atoms with van der Waals surface area (Å²) in [5.74, 6) is -0.0142. The summed E-state index contributed by atoms with van der Waals surface area (Å²) in [4.78, 5) is 11.1. The SMILES string of the molecule is Cc1cccc(C(=O)O)c1NCCC1CCC1. The highest BCUT2D eigenvalue weighted by Gasteiger charge is 2.17. The fourth-order valence-electron chi connectivity index (χ4n) is 2.26. The number of carboxylic acids is 1. The predicted octanol–water partition coefficient (Wildman–Crippen LogP) is 3.30. The Kier molecular flexibility index (Phi) is 3.67. The first-order chi connectivity index (χ1) is 8.18. The minimum atomic E-state index is -0.861. The van der Waals surface area contributed by atoms with Crippen LogP contribution in [0.1, 0.15) is 41.6 Å². The van der Waals surface area contributed by atoms with Crippen molar-refractivity contribution in [3.05, 3.63) is 29.3 Å². The molecular formula is C14H19NO2. The largest absolute Gasteiger partial charge is 0.478 e. The van der Waals surface area contributed by atoms with Crippen LogP contribution in [0.15, 0.2) is 18.2 Å². The minimum absolute atomic E-state index is 0.374. The highest BCUT2D eigenvalue weighted by molar-refractivity contribution is 5.95. The summed E-state index contributed by atoms with van der Waals surface area (Å²) in [5, 5.41) is 12.4. The second kappa shape index (κ2) is 5.21. The molecule has 1 aromatic rings. The molecule has 3 nitrogen and oxygen atoms in total. The highest BCUT2D eigenvalue weighted by atomic mass is 16.4. The van der Waals surface area contributed by atoms with Crippen molar-refractivity contribution in [2.45, 2.75) is 32.6 Å². The Morgan fingerprint density at radius 2 is 2.24 bits per heavy atom. The third-order valence-electron chi connectivity index (χ3n) is 3.58. The number of aromatic carboxylic acids is 1. The number of para-hydroxylation sites is 1. The minimum Gasteiger partial charge on any atom is -0.478 e. The molecule has 17 heavy (non-hydrogen) atoms. The van der Waals surface area contributed by atoms with Crippen LogP contribution in [0.3, 0.4) is 0 Å². The summed E-state index contributed by atoms with van der Waals surface area (Å²) in [7, 11) is 0. The monoisotopic (exact) mass is 233 g/mol. The van der Waals surface area contributed by atoms with E-state index in [0.717, 1.165) is 30.1 Å². The van der Waals surface area contributed by atoms with E-state index in [-0.39, 0.29) is 0 Å². The molecule has 1 aliphatic rings. The molecule has 0 aliphatic heterocycles. The summed E-state index contributed by atoms with van der Waals surface area (Å²) in [6.45, 7) is 2.81. The maximum absolute atomic E-state index is 11.1. The molecule has 0 aromatic heterocycles. The van der Waals surface area contributed by atoms with Gasteiger partial charge in [-0.1, -0.05) is 31.4 Å². The lowest BCUT2D eigenvalue weighted by Gasteiger charge is -2.25. The van der Waals surface area contributed by atoms with Crippen molar-refractivity contribution in [1.29, 1.82) is 0 Å². The Balaban J connectivity index is 2.00. The van der Waals surface area contributed by atoms with Crippen molar-refractivity contribution in [2.24, 2.45) is 5.92 Å². The Labute approximate surface area is 102 Å². The van der Waals surface area contributed by atoms with Gasteiger partial charge in [0.1, 0.15) is 0 Å². The molecule has 1 saturated carbocycles.